The zero-order valence-electron chi connectivity index (χ0n) is 12.1. The van der Waals surface area contributed by atoms with Crippen LogP contribution in [0.1, 0.15) is 26.3 Å². The highest BCUT2D eigenvalue weighted by Crippen LogP contribution is 2.37. The Labute approximate surface area is 124 Å². The molecule has 2 rings (SSSR count). The number of halogens is 3. The van der Waals surface area contributed by atoms with E-state index in [4.69, 9.17) is 4.74 Å². The number of fused-ring (bicyclic) bond motifs is 1. The minimum Gasteiger partial charge on any atom is -0.480 e. The van der Waals surface area contributed by atoms with Gasteiger partial charge < -0.3 is 9.84 Å². The first-order valence-electron chi connectivity index (χ1n) is 6.44. The highest BCUT2D eigenvalue weighted by molar-refractivity contribution is 5.98. The fourth-order valence-electron chi connectivity index (χ4n) is 2.22. The molecule has 8 heteroatoms. The molecule has 120 valence electrons. The standard InChI is InChI=1S/C14H14F3NO4/c1-14(2,3)22-13(21)18-8-5-7(15)11(17)10(16)6(8)4-9(18)12(19)20/h5,9H,4H2,1-3H3,(H,19,20). The van der Waals surface area contributed by atoms with E-state index >= 15 is 0 Å². The second-order valence-electron chi connectivity index (χ2n) is 5.89. The van der Waals surface area contributed by atoms with Crippen LogP contribution in [0.15, 0.2) is 6.07 Å². The summed E-state index contributed by atoms with van der Waals surface area (Å²) in [5.74, 6) is -6.13. The van der Waals surface area contributed by atoms with E-state index in [2.05, 4.69) is 0 Å². The Morgan fingerprint density at radius 1 is 1.27 bits per heavy atom. The van der Waals surface area contributed by atoms with Gasteiger partial charge in [0, 0.05) is 18.1 Å². The average molecular weight is 317 g/mol. The topological polar surface area (TPSA) is 66.8 Å². The lowest BCUT2D eigenvalue weighted by atomic mass is 10.1. The van der Waals surface area contributed by atoms with Crippen LogP contribution < -0.4 is 4.90 Å². The molecule has 1 N–H and O–H groups in total. The van der Waals surface area contributed by atoms with Gasteiger partial charge in [0.1, 0.15) is 11.6 Å². The molecule has 1 unspecified atom stereocenters. The SMILES string of the molecule is CC(C)(C)OC(=O)N1c2cc(F)c(F)c(F)c2CC1C(=O)O. The van der Waals surface area contributed by atoms with Crippen molar-refractivity contribution in [3.63, 3.8) is 0 Å². The van der Waals surface area contributed by atoms with Gasteiger partial charge in [0.15, 0.2) is 17.5 Å². The maximum Gasteiger partial charge on any atom is 0.415 e. The summed E-state index contributed by atoms with van der Waals surface area (Å²) in [7, 11) is 0. The lowest BCUT2D eigenvalue weighted by molar-refractivity contribution is -0.138. The van der Waals surface area contributed by atoms with Gasteiger partial charge in [-0.25, -0.2) is 22.8 Å². The Morgan fingerprint density at radius 2 is 1.86 bits per heavy atom. The van der Waals surface area contributed by atoms with Crippen molar-refractivity contribution in [2.45, 2.75) is 38.8 Å². The number of aliphatic carboxylic acids is 1. The molecule has 0 saturated heterocycles. The largest absolute Gasteiger partial charge is 0.480 e. The van der Waals surface area contributed by atoms with Gasteiger partial charge in [0.05, 0.1) is 5.69 Å². The number of ether oxygens (including phenoxy) is 1. The maximum atomic E-state index is 13.8. The molecular weight excluding hydrogens is 303 g/mol. The number of rotatable bonds is 1. The highest BCUT2D eigenvalue weighted by Gasteiger charge is 2.43. The van der Waals surface area contributed by atoms with Crippen molar-refractivity contribution in [1.29, 1.82) is 0 Å². The second-order valence-corrected chi connectivity index (χ2v) is 5.89. The molecule has 0 bridgehead atoms. The lowest BCUT2D eigenvalue weighted by Gasteiger charge is -2.27. The first kappa shape index (κ1) is 16.1. The van der Waals surface area contributed by atoms with Crippen molar-refractivity contribution in [2.24, 2.45) is 0 Å². The summed E-state index contributed by atoms with van der Waals surface area (Å²) in [6.45, 7) is 4.68. The number of hydrogen-bond donors (Lipinski definition) is 1. The van der Waals surface area contributed by atoms with Gasteiger partial charge in [-0.15, -0.1) is 0 Å². The van der Waals surface area contributed by atoms with Crippen molar-refractivity contribution in [1.82, 2.24) is 0 Å². The van der Waals surface area contributed by atoms with Gasteiger partial charge in [-0.3, -0.25) is 4.90 Å². The van der Waals surface area contributed by atoms with Crippen LogP contribution >= 0.6 is 0 Å². The Morgan fingerprint density at radius 3 is 2.36 bits per heavy atom. The number of amides is 1. The second kappa shape index (κ2) is 5.19. The van der Waals surface area contributed by atoms with Crippen LogP contribution in [-0.2, 0) is 16.0 Å². The number of carboxylic acids is 1. The van der Waals surface area contributed by atoms with Crippen LogP contribution in [-0.4, -0.2) is 28.8 Å². The monoisotopic (exact) mass is 317 g/mol. The van der Waals surface area contributed by atoms with E-state index in [-0.39, 0.29) is 11.3 Å². The molecule has 1 heterocycles. The summed E-state index contributed by atoms with van der Waals surface area (Å²) in [5.41, 5.74) is -1.63. The van der Waals surface area contributed by atoms with E-state index in [1.807, 2.05) is 0 Å². The molecule has 0 aliphatic carbocycles. The molecule has 0 saturated carbocycles. The maximum absolute atomic E-state index is 13.8. The first-order valence-corrected chi connectivity index (χ1v) is 6.44. The fourth-order valence-corrected chi connectivity index (χ4v) is 2.22. The van der Waals surface area contributed by atoms with Gasteiger partial charge in [0.2, 0.25) is 0 Å². The Kier molecular flexibility index (Phi) is 3.80. The Balaban J connectivity index is 2.52. The predicted octanol–water partition coefficient (Wildman–Crippen LogP) is 2.85. The molecule has 0 fully saturated rings. The van der Waals surface area contributed by atoms with Crippen LogP contribution in [0.4, 0.5) is 23.7 Å². The van der Waals surface area contributed by atoms with Crippen molar-refractivity contribution in [3.05, 3.63) is 29.1 Å². The minimum atomic E-state index is -1.70. The number of benzene rings is 1. The van der Waals surface area contributed by atoms with Crippen LogP contribution in [0.25, 0.3) is 0 Å². The summed E-state index contributed by atoms with van der Waals surface area (Å²) in [4.78, 5) is 24.1. The van der Waals surface area contributed by atoms with Gasteiger partial charge in [-0.05, 0) is 20.8 Å². The molecule has 0 radical (unpaired) electrons. The van der Waals surface area contributed by atoms with Gasteiger partial charge in [-0.1, -0.05) is 0 Å². The summed E-state index contributed by atoms with van der Waals surface area (Å²) in [6.07, 6.45) is -1.53. The molecule has 1 amide bonds. The molecule has 0 aromatic heterocycles. The minimum absolute atomic E-state index is 0.335. The van der Waals surface area contributed by atoms with E-state index < -0.39 is 47.6 Å². The van der Waals surface area contributed by atoms with Crippen LogP contribution in [0.2, 0.25) is 0 Å². The molecule has 22 heavy (non-hydrogen) atoms. The van der Waals surface area contributed by atoms with Crippen LogP contribution in [0.3, 0.4) is 0 Å². The first-order chi connectivity index (χ1) is 10.0. The summed E-state index contributed by atoms with van der Waals surface area (Å²) in [6, 6.07) is -0.888. The number of carbonyl (C=O) groups is 2. The van der Waals surface area contributed by atoms with Crippen LogP contribution in [0.5, 0.6) is 0 Å². The zero-order valence-corrected chi connectivity index (χ0v) is 12.1. The lowest BCUT2D eigenvalue weighted by Crippen LogP contribution is -2.45. The van der Waals surface area contributed by atoms with Gasteiger partial charge >= 0.3 is 12.1 Å². The Hall–Kier alpha value is -2.25. The molecule has 1 atom stereocenters. The van der Waals surface area contributed by atoms with Gasteiger partial charge in [-0.2, -0.15) is 0 Å². The average Bonchev–Trinajstić information content (AvgIpc) is 2.73. The summed E-state index contributed by atoms with van der Waals surface area (Å²) < 4.78 is 45.5. The quantitative estimate of drug-likeness (QED) is 0.809. The number of nitrogens with zero attached hydrogens (tertiary/aromatic N) is 1. The van der Waals surface area contributed by atoms with Gasteiger partial charge in [0.25, 0.3) is 0 Å². The van der Waals surface area contributed by atoms with E-state index in [9.17, 15) is 27.9 Å². The smallest absolute Gasteiger partial charge is 0.415 e. The van der Waals surface area contributed by atoms with E-state index in [0.29, 0.717) is 11.0 Å². The molecule has 0 spiro atoms. The zero-order chi connectivity index (χ0) is 16.8. The normalized spacial score (nSPS) is 17.4. The Bertz CT molecular complexity index is 654. The summed E-state index contributed by atoms with van der Waals surface area (Å²) in [5, 5.41) is 9.17. The molecule has 5 nitrogen and oxygen atoms in total. The van der Waals surface area contributed by atoms with Crippen LogP contribution in [0, 0.1) is 17.5 Å². The number of carboxylic acid groups (broad SMARTS) is 1. The molecular formula is C14H14F3NO4. The highest BCUT2D eigenvalue weighted by atomic mass is 19.2. The molecule has 1 aliphatic heterocycles. The van der Waals surface area contributed by atoms with Crippen molar-refractivity contribution < 1.29 is 32.6 Å². The number of hydrogen-bond acceptors (Lipinski definition) is 3. The predicted molar refractivity (Wildman–Crippen MR) is 70.2 cm³/mol. The van der Waals surface area contributed by atoms with Crippen molar-refractivity contribution in [2.75, 3.05) is 4.90 Å². The van der Waals surface area contributed by atoms with E-state index in [1.165, 1.54) is 0 Å². The fraction of sp³-hybridized carbons (Fsp3) is 0.429. The number of anilines is 1. The van der Waals surface area contributed by atoms with Crippen molar-refractivity contribution >= 4 is 17.7 Å². The third kappa shape index (κ3) is 2.72. The molecule has 1 aliphatic rings. The van der Waals surface area contributed by atoms with E-state index in [1.54, 1.807) is 20.8 Å². The number of carbonyl (C=O) groups excluding carboxylic acids is 1. The summed E-state index contributed by atoms with van der Waals surface area (Å²) >= 11 is 0. The molecule has 1 aromatic carbocycles. The molecule has 1 aromatic rings. The van der Waals surface area contributed by atoms with Crippen molar-refractivity contribution in [3.8, 4) is 0 Å². The third-order valence-corrected chi connectivity index (χ3v) is 3.08. The van der Waals surface area contributed by atoms with E-state index in [0.717, 1.165) is 0 Å². The third-order valence-electron chi connectivity index (χ3n) is 3.08.